The first-order chi connectivity index (χ1) is 17.9. The molecule has 2 atom stereocenters. The minimum absolute atomic E-state index is 0.109. The van der Waals surface area contributed by atoms with E-state index in [0.717, 1.165) is 37.7 Å². The van der Waals surface area contributed by atoms with E-state index in [2.05, 4.69) is 5.32 Å². The van der Waals surface area contributed by atoms with Crippen LogP contribution in [0.1, 0.15) is 54.0 Å². The van der Waals surface area contributed by atoms with Gasteiger partial charge in [-0.1, -0.05) is 30.3 Å². The van der Waals surface area contributed by atoms with Crippen LogP contribution in [0.25, 0.3) is 0 Å². The summed E-state index contributed by atoms with van der Waals surface area (Å²) in [6.07, 6.45) is 7.28. The van der Waals surface area contributed by atoms with Crippen molar-refractivity contribution in [3.63, 3.8) is 0 Å². The zero-order valence-corrected chi connectivity index (χ0v) is 20.9. The normalized spacial score (nSPS) is 18.3. The van der Waals surface area contributed by atoms with Crippen LogP contribution < -0.4 is 14.8 Å². The van der Waals surface area contributed by atoms with Crippen LogP contribution in [0.5, 0.6) is 11.5 Å². The standard InChI is InChI=1S/C29H34F2N2O4/c30-29(31,12-11-20-7-8-21-5-1-2-6-22(21)17-20)28(35)32-24(19-33-13-3-4-14-33)27(34)23-9-10-25-26(18-23)37-16-15-36-25/h3,7-10,13,17-18,24,27,34H,1-2,4-6,11-12,14-16,19H2,(H,32,35)/t24-,27-/m1/s1. The first-order valence-electron chi connectivity index (χ1n) is 13.2. The van der Waals surface area contributed by atoms with Crippen molar-refractivity contribution in [2.24, 2.45) is 0 Å². The highest BCUT2D eigenvalue weighted by atomic mass is 19.3. The summed E-state index contributed by atoms with van der Waals surface area (Å²) in [5.74, 6) is -3.87. The molecule has 0 unspecified atom stereocenters. The number of aliphatic hydroxyl groups excluding tert-OH is 1. The molecule has 8 heteroatoms. The summed E-state index contributed by atoms with van der Waals surface area (Å²) >= 11 is 0. The first-order valence-corrected chi connectivity index (χ1v) is 13.2. The Kier molecular flexibility index (Phi) is 7.65. The van der Waals surface area contributed by atoms with Crippen LogP contribution in [0.3, 0.4) is 0 Å². The molecule has 198 valence electrons. The Balaban J connectivity index is 1.27. The molecule has 0 radical (unpaired) electrons. The van der Waals surface area contributed by atoms with Crippen molar-refractivity contribution < 1.29 is 28.2 Å². The van der Waals surface area contributed by atoms with E-state index < -0.39 is 30.4 Å². The van der Waals surface area contributed by atoms with Crippen LogP contribution >= 0.6 is 0 Å². The summed E-state index contributed by atoms with van der Waals surface area (Å²) < 4.78 is 41.2. The molecule has 2 aromatic rings. The van der Waals surface area contributed by atoms with Gasteiger partial charge in [-0.25, -0.2) is 0 Å². The van der Waals surface area contributed by atoms with Gasteiger partial charge in [-0.3, -0.25) is 4.79 Å². The van der Waals surface area contributed by atoms with E-state index in [1.54, 1.807) is 18.2 Å². The van der Waals surface area contributed by atoms with Crippen molar-refractivity contribution in [2.45, 2.75) is 63.0 Å². The topological polar surface area (TPSA) is 71.0 Å². The average molecular weight is 513 g/mol. The number of fused-ring (bicyclic) bond motifs is 2. The van der Waals surface area contributed by atoms with Gasteiger partial charge >= 0.3 is 5.92 Å². The van der Waals surface area contributed by atoms with Gasteiger partial charge in [0.15, 0.2) is 11.5 Å². The largest absolute Gasteiger partial charge is 0.486 e. The number of carbonyl (C=O) groups is 1. The lowest BCUT2D eigenvalue weighted by Gasteiger charge is -2.30. The monoisotopic (exact) mass is 512 g/mol. The fraction of sp³-hybridized carbons (Fsp3) is 0.483. The number of aryl methyl sites for hydroxylation is 3. The summed E-state index contributed by atoms with van der Waals surface area (Å²) in [5, 5.41) is 13.6. The number of carbonyl (C=O) groups excluding carboxylic acids is 1. The Morgan fingerprint density at radius 1 is 1.05 bits per heavy atom. The van der Waals surface area contributed by atoms with Gasteiger partial charge in [0.1, 0.15) is 19.3 Å². The maximum Gasteiger partial charge on any atom is 0.324 e. The number of hydrogen-bond acceptors (Lipinski definition) is 5. The minimum Gasteiger partial charge on any atom is -0.486 e. The van der Waals surface area contributed by atoms with Crippen LogP contribution in [-0.2, 0) is 24.1 Å². The molecule has 0 spiro atoms. The zero-order chi connectivity index (χ0) is 25.8. The highest BCUT2D eigenvalue weighted by molar-refractivity contribution is 5.83. The third kappa shape index (κ3) is 6.06. The first kappa shape index (κ1) is 25.5. The van der Waals surface area contributed by atoms with Crippen molar-refractivity contribution in [1.29, 1.82) is 0 Å². The Morgan fingerprint density at radius 3 is 2.62 bits per heavy atom. The van der Waals surface area contributed by atoms with Crippen LogP contribution in [0.15, 0.2) is 48.7 Å². The van der Waals surface area contributed by atoms with E-state index in [-0.39, 0.29) is 13.0 Å². The molecule has 0 fully saturated rings. The number of nitrogens with one attached hydrogen (secondary N) is 1. The second kappa shape index (κ2) is 11.1. The highest BCUT2D eigenvalue weighted by Gasteiger charge is 2.40. The van der Waals surface area contributed by atoms with Crippen molar-refractivity contribution in [3.05, 3.63) is 70.9 Å². The lowest BCUT2D eigenvalue weighted by molar-refractivity contribution is -0.148. The lowest BCUT2D eigenvalue weighted by Crippen LogP contribution is -2.51. The fourth-order valence-corrected chi connectivity index (χ4v) is 5.28. The third-order valence-electron chi connectivity index (χ3n) is 7.41. The molecule has 3 aliphatic rings. The zero-order valence-electron chi connectivity index (χ0n) is 20.9. The number of benzene rings is 2. The SMILES string of the molecule is O=C(N[C@H](CN1C=CCC1)[C@H](O)c1ccc2c(c1)OCCO2)C(F)(F)CCc1ccc2c(c1)CCCC2. The number of ether oxygens (including phenoxy) is 2. The van der Waals surface area contributed by atoms with Gasteiger partial charge in [0.05, 0.1) is 6.04 Å². The predicted molar refractivity (Wildman–Crippen MR) is 136 cm³/mol. The molecule has 6 nitrogen and oxygen atoms in total. The Bertz CT molecular complexity index is 1150. The van der Waals surface area contributed by atoms with E-state index in [1.807, 2.05) is 35.4 Å². The molecule has 5 rings (SSSR count). The van der Waals surface area contributed by atoms with E-state index in [1.165, 1.54) is 11.1 Å². The summed E-state index contributed by atoms with van der Waals surface area (Å²) in [6, 6.07) is 10.0. The molecule has 0 aromatic heterocycles. The Morgan fingerprint density at radius 2 is 1.84 bits per heavy atom. The Labute approximate surface area is 216 Å². The number of nitrogens with zero attached hydrogens (tertiary/aromatic N) is 1. The van der Waals surface area contributed by atoms with Gasteiger partial charge in [0.25, 0.3) is 5.91 Å². The maximum absolute atomic E-state index is 15.0. The maximum atomic E-state index is 15.0. The van der Waals surface area contributed by atoms with Crippen molar-refractivity contribution in [3.8, 4) is 11.5 Å². The fourth-order valence-electron chi connectivity index (χ4n) is 5.28. The second-order valence-corrected chi connectivity index (χ2v) is 10.1. The summed E-state index contributed by atoms with van der Waals surface area (Å²) in [5.41, 5.74) is 3.82. The smallest absolute Gasteiger partial charge is 0.324 e. The number of hydrogen-bond donors (Lipinski definition) is 2. The Hall–Kier alpha value is -3.13. The van der Waals surface area contributed by atoms with Crippen LogP contribution in [0, 0.1) is 0 Å². The summed E-state index contributed by atoms with van der Waals surface area (Å²) in [4.78, 5) is 14.7. The van der Waals surface area contributed by atoms with Gasteiger partial charge in [-0.05, 0) is 79.1 Å². The van der Waals surface area contributed by atoms with Crippen molar-refractivity contribution >= 4 is 5.91 Å². The number of aliphatic hydroxyl groups is 1. The third-order valence-corrected chi connectivity index (χ3v) is 7.41. The number of rotatable bonds is 9. The molecule has 1 amide bonds. The number of amides is 1. The molecule has 2 aliphatic heterocycles. The summed E-state index contributed by atoms with van der Waals surface area (Å²) in [6.45, 7) is 1.74. The quantitative estimate of drug-likeness (QED) is 0.523. The van der Waals surface area contributed by atoms with Gasteiger partial charge in [-0.15, -0.1) is 0 Å². The molecule has 0 saturated carbocycles. The van der Waals surface area contributed by atoms with E-state index in [4.69, 9.17) is 9.47 Å². The molecule has 1 aliphatic carbocycles. The average Bonchev–Trinajstić information content (AvgIpc) is 3.44. The van der Waals surface area contributed by atoms with Gasteiger partial charge in [0.2, 0.25) is 0 Å². The van der Waals surface area contributed by atoms with Gasteiger partial charge in [-0.2, -0.15) is 8.78 Å². The van der Waals surface area contributed by atoms with Crippen molar-refractivity contribution in [1.82, 2.24) is 10.2 Å². The molecule has 2 heterocycles. The van der Waals surface area contributed by atoms with Crippen molar-refractivity contribution in [2.75, 3.05) is 26.3 Å². The van der Waals surface area contributed by atoms with Crippen LogP contribution in [0.2, 0.25) is 0 Å². The molecule has 2 N–H and O–H groups in total. The van der Waals surface area contributed by atoms with E-state index in [9.17, 15) is 9.90 Å². The number of alkyl halides is 2. The van der Waals surface area contributed by atoms with Crippen LogP contribution in [0.4, 0.5) is 8.78 Å². The predicted octanol–water partition coefficient (Wildman–Crippen LogP) is 4.34. The van der Waals surface area contributed by atoms with E-state index in [0.29, 0.717) is 36.8 Å². The van der Waals surface area contributed by atoms with Gasteiger partial charge < -0.3 is 24.8 Å². The molecular weight excluding hydrogens is 478 g/mol. The van der Waals surface area contributed by atoms with E-state index >= 15 is 8.78 Å². The van der Waals surface area contributed by atoms with Crippen LogP contribution in [-0.4, -0.2) is 54.2 Å². The molecule has 2 aromatic carbocycles. The van der Waals surface area contributed by atoms with Gasteiger partial charge in [0, 0.05) is 19.5 Å². The molecule has 37 heavy (non-hydrogen) atoms. The molecular formula is C29H34F2N2O4. The molecule has 0 bridgehead atoms. The minimum atomic E-state index is -3.57. The second-order valence-electron chi connectivity index (χ2n) is 10.1. The number of halogens is 2. The summed E-state index contributed by atoms with van der Waals surface area (Å²) in [7, 11) is 0. The lowest BCUT2D eigenvalue weighted by atomic mass is 9.89. The highest BCUT2D eigenvalue weighted by Crippen LogP contribution is 2.34. The molecule has 0 saturated heterocycles.